The largest absolute Gasteiger partial charge is 0.494 e. The van der Waals surface area contributed by atoms with Gasteiger partial charge in [-0.3, -0.25) is 4.79 Å². The Hall–Kier alpha value is -1.53. The van der Waals surface area contributed by atoms with Gasteiger partial charge in [-0.1, -0.05) is 0 Å². The van der Waals surface area contributed by atoms with Crippen molar-refractivity contribution in [3.05, 3.63) is 44.6 Å². The number of ether oxygens (including phenoxy) is 1. The Bertz CT molecular complexity index is 642. The topological polar surface area (TPSA) is 55.6 Å². The van der Waals surface area contributed by atoms with Crippen LogP contribution in [0.15, 0.2) is 33.4 Å². The monoisotopic (exact) mass is 368 g/mol. The number of amides is 1. The molecule has 1 aromatic carbocycles. The number of benzene rings is 1. The number of thiophene rings is 1. The predicted molar refractivity (Wildman–Crippen MR) is 89.8 cm³/mol. The number of nitrogens with zero attached hydrogens (tertiary/aromatic N) is 1. The summed E-state index contributed by atoms with van der Waals surface area (Å²) >= 11 is 5.03. The zero-order chi connectivity index (χ0) is 15.4. The van der Waals surface area contributed by atoms with E-state index in [-0.39, 0.29) is 5.91 Å². The lowest BCUT2D eigenvalue weighted by molar-refractivity contribution is 0.0785. The Labute approximate surface area is 136 Å². The first-order valence-electron chi connectivity index (χ1n) is 6.51. The first kappa shape index (κ1) is 15.9. The molecule has 112 valence electrons. The molecule has 0 fully saturated rings. The second-order valence-electron chi connectivity index (χ2n) is 4.64. The maximum atomic E-state index is 12.5. The van der Waals surface area contributed by atoms with Crippen LogP contribution >= 0.6 is 27.3 Å². The van der Waals surface area contributed by atoms with Crippen LogP contribution in [0.1, 0.15) is 22.8 Å². The number of hydrogen-bond donors (Lipinski definition) is 1. The van der Waals surface area contributed by atoms with Crippen molar-refractivity contribution in [2.24, 2.45) is 0 Å². The minimum Gasteiger partial charge on any atom is -0.494 e. The quantitative estimate of drug-likeness (QED) is 0.817. The van der Waals surface area contributed by atoms with Gasteiger partial charge in [0.2, 0.25) is 0 Å². The van der Waals surface area contributed by atoms with Gasteiger partial charge in [0.05, 0.1) is 10.4 Å². The molecule has 0 saturated carbocycles. The van der Waals surface area contributed by atoms with Crippen molar-refractivity contribution in [2.75, 3.05) is 19.4 Å². The molecule has 0 unspecified atom stereocenters. The van der Waals surface area contributed by atoms with Gasteiger partial charge in [0.15, 0.2) is 0 Å². The van der Waals surface area contributed by atoms with Crippen molar-refractivity contribution in [1.29, 1.82) is 0 Å². The van der Waals surface area contributed by atoms with Crippen LogP contribution in [0.4, 0.5) is 5.69 Å². The van der Waals surface area contributed by atoms with E-state index >= 15 is 0 Å². The first-order chi connectivity index (χ1) is 9.99. The van der Waals surface area contributed by atoms with Crippen LogP contribution in [0.2, 0.25) is 0 Å². The van der Waals surface area contributed by atoms with Crippen molar-refractivity contribution in [2.45, 2.75) is 13.5 Å². The second-order valence-corrected chi connectivity index (χ2v) is 6.93. The van der Waals surface area contributed by atoms with E-state index in [1.165, 1.54) is 0 Å². The number of nitrogens with two attached hydrogens (primary N) is 1. The number of nitrogen functional groups attached to an aromatic ring is 1. The highest BCUT2D eigenvalue weighted by Crippen LogP contribution is 2.23. The molecule has 2 aromatic rings. The number of rotatable bonds is 5. The molecule has 0 saturated heterocycles. The van der Waals surface area contributed by atoms with Gasteiger partial charge in [-0.15, -0.1) is 11.3 Å². The SMILES string of the molecule is CCOc1cc(N)cc(C(=O)N(C)Cc2csc(Br)c2)c1. The summed E-state index contributed by atoms with van der Waals surface area (Å²) in [5.41, 5.74) is 7.98. The van der Waals surface area contributed by atoms with Crippen molar-refractivity contribution in [1.82, 2.24) is 4.90 Å². The number of anilines is 1. The molecule has 0 aliphatic rings. The van der Waals surface area contributed by atoms with Crippen LogP contribution in [0.5, 0.6) is 5.75 Å². The molecule has 2 N–H and O–H groups in total. The number of hydrogen-bond acceptors (Lipinski definition) is 4. The van der Waals surface area contributed by atoms with E-state index in [1.54, 1.807) is 41.5 Å². The van der Waals surface area contributed by atoms with Gasteiger partial charge in [0.1, 0.15) is 5.75 Å². The fraction of sp³-hybridized carbons (Fsp3) is 0.267. The molecule has 0 spiro atoms. The molecule has 0 aliphatic carbocycles. The van der Waals surface area contributed by atoms with E-state index in [2.05, 4.69) is 15.9 Å². The summed E-state index contributed by atoms with van der Waals surface area (Å²) in [4.78, 5) is 14.1. The smallest absolute Gasteiger partial charge is 0.254 e. The third kappa shape index (κ3) is 4.22. The molecule has 2 rings (SSSR count). The Balaban J connectivity index is 2.14. The molecule has 0 bridgehead atoms. The van der Waals surface area contributed by atoms with Crippen LogP contribution in [-0.4, -0.2) is 24.5 Å². The third-order valence-corrected chi connectivity index (χ3v) is 4.43. The minimum absolute atomic E-state index is 0.0782. The second kappa shape index (κ2) is 6.95. The van der Waals surface area contributed by atoms with E-state index in [0.29, 0.717) is 30.2 Å². The van der Waals surface area contributed by atoms with E-state index < -0.39 is 0 Å². The van der Waals surface area contributed by atoms with Gasteiger partial charge in [-0.2, -0.15) is 0 Å². The molecule has 1 heterocycles. The van der Waals surface area contributed by atoms with Crippen molar-refractivity contribution >= 4 is 38.9 Å². The van der Waals surface area contributed by atoms with Gasteiger partial charge in [0.25, 0.3) is 5.91 Å². The van der Waals surface area contributed by atoms with Crippen molar-refractivity contribution in [3.8, 4) is 5.75 Å². The molecule has 0 atom stereocenters. The molecule has 21 heavy (non-hydrogen) atoms. The van der Waals surface area contributed by atoms with Gasteiger partial charge in [-0.05, 0) is 52.0 Å². The Morgan fingerprint density at radius 3 is 2.76 bits per heavy atom. The van der Waals surface area contributed by atoms with Crippen LogP contribution in [-0.2, 0) is 6.54 Å². The summed E-state index contributed by atoms with van der Waals surface area (Å²) in [5.74, 6) is 0.540. The maximum Gasteiger partial charge on any atom is 0.254 e. The highest BCUT2D eigenvalue weighted by molar-refractivity contribution is 9.11. The summed E-state index contributed by atoms with van der Waals surface area (Å²) in [6.45, 7) is 2.99. The number of carbonyl (C=O) groups is 1. The fourth-order valence-corrected chi connectivity index (χ4v) is 3.19. The van der Waals surface area contributed by atoms with Crippen molar-refractivity contribution in [3.63, 3.8) is 0 Å². The lowest BCUT2D eigenvalue weighted by atomic mass is 10.1. The summed E-state index contributed by atoms with van der Waals surface area (Å²) in [6.07, 6.45) is 0. The maximum absolute atomic E-state index is 12.5. The summed E-state index contributed by atoms with van der Waals surface area (Å²) in [6, 6.07) is 7.13. The third-order valence-electron chi connectivity index (χ3n) is 2.88. The molecule has 4 nitrogen and oxygen atoms in total. The summed E-state index contributed by atoms with van der Waals surface area (Å²) in [5, 5.41) is 2.03. The zero-order valence-corrected chi connectivity index (χ0v) is 14.3. The van der Waals surface area contributed by atoms with E-state index in [4.69, 9.17) is 10.5 Å². The highest BCUT2D eigenvalue weighted by atomic mass is 79.9. The lowest BCUT2D eigenvalue weighted by Gasteiger charge is -2.17. The predicted octanol–water partition coefficient (Wildman–Crippen LogP) is 3.76. The molecule has 0 aliphatic heterocycles. The molecule has 6 heteroatoms. The summed E-state index contributed by atoms with van der Waals surface area (Å²) < 4.78 is 6.48. The molecule has 0 radical (unpaired) electrons. The lowest BCUT2D eigenvalue weighted by Crippen LogP contribution is -2.26. The van der Waals surface area contributed by atoms with Crippen LogP contribution in [0, 0.1) is 0 Å². The van der Waals surface area contributed by atoms with Crippen molar-refractivity contribution < 1.29 is 9.53 Å². The van der Waals surface area contributed by atoms with Gasteiger partial charge < -0.3 is 15.4 Å². The molecule has 1 amide bonds. The Morgan fingerprint density at radius 2 is 2.14 bits per heavy atom. The molecular weight excluding hydrogens is 352 g/mol. The van der Waals surface area contributed by atoms with Crippen LogP contribution < -0.4 is 10.5 Å². The molecule has 1 aromatic heterocycles. The van der Waals surface area contributed by atoms with Gasteiger partial charge >= 0.3 is 0 Å². The highest BCUT2D eigenvalue weighted by Gasteiger charge is 2.14. The Kier molecular flexibility index (Phi) is 5.25. The van der Waals surface area contributed by atoms with Crippen LogP contribution in [0.3, 0.4) is 0 Å². The molecular formula is C15H17BrN2O2S. The van der Waals surface area contributed by atoms with E-state index in [0.717, 1.165) is 9.35 Å². The minimum atomic E-state index is -0.0782. The van der Waals surface area contributed by atoms with Gasteiger partial charge in [-0.25, -0.2) is 0 Å². The van der Waals surface area contributed by atoms with Crippen LogP contribution in [0.25, 0.3) is 0 Å². The number of carbonyl (C=O) groups excluding carboxylic acids is 1. The first-order valence-corrected chi connectivity index (χ1v) is 8.18. The van der Waals surface area contributed by atoms with E-state index in [9.17, 15) is 4.79 Å². The fourth-order valence-electron chi connectivity index (χ4n) is 1.99. The standard InChI is InChI=1S/C15H17BrN2O2S/c1-3-20-13-6-11(5-12(17)7-13)15(19)18(2)8-10-4-14(16)21-9-10/h4-7,9H,3,8,17H2,1-2H3. The average molecular weight is 369 g/mol. The van der Waals surface area contributed by atoms with E-state index in [1.807, 2.05) is 18.4 Å². The Morgan fingerprint density at radius 1 is 1.38 bits per heavy atom. The average Bonchev–Trinajstić information content (AvgIpc) is 2.83. The number of halogens is 1. The van der Waals surface area contributed by atoms with Gasteiger partial charge in [0, 0.05) is 30.9 Å². The summed E-state index contributed by atoms with van der Waals surface area (Å²) in [7, 11) is 1.78. The zero-order valence-electron chi connectivity index (χ0n) is 11.9. The normalized spacial score (nSPS) is 10.4.